The van der Waals surface area contributed by atoms with Crippen molar-refractivity contribution in [3.63, 3.8) is 0 Å². The zero-order chi connectivity index (χ0) is 13.3. The van der Waals surface area contributed by atoms with Crippen LogP contribution in [0.4, 0.5) is 5.82 Å². The largest absolute Gasteiger partial charge is 0.384 e. The molecule has 1 aromatic rings. The van der Waals surface area contributed by atoms with Crippen LogP contribution in [0.1, 0.15) is 49.4 Å². The Morgan fingerprint density at radius 1 is 1.05 bits per heavy atom. The summed E-state index contributed by atoms with van der Waals surface area (Å²) < 4.78 is 7.78. The Labute approximate surface area is 119 Å². The fourth-order valence-corrected chi connectivity index (χ4v) is 5.75. The van der Waals surface area contributed by atoms with Gasteiger partial charge in [-0.25, -0.2) is 4.68 Å². The summed E-state index contributed by atoms with van der Waals surface area (Å²) in [6, 6.07) is 0.577. The molecule has 0 spiro atoms. The summed E-state index contributed by atoms with van der Waals surface area (Å²) in [6.07, 6.45) is 8.09. The lowest BCUT2D eigenvalue weighted by Crippen LogP contribution is -2.46. The summed E-state index contributed by atoms with van der Waals surface area (Å²) in [5, 5.41) is 4.91. The number of fused-ring (bicyclic) bond motifs is 1. The number of nitrogens with zero attached hydrogens (tertiary/aromatic N) is 2. The van der Waals surface area contributed by atoms with Crippen molar-refractivity contribution in [3.05, 3.63) is 11.3 Å². The number of aromatic nitrogens is 2. The quantitative estimate of drug-likeness (QED) is 0.855. The summed E-state index contributed by atoms with van der Waals surface area (Å²) in [5.41, 5.74) is 8.79. The maximum absolute atomic E-state index is 6.42. The molecule has 4 aliphatic carbocycles. The van der Waals surface area contributed by atoms with E-state index in [-0.39, 0.29) is 0 Å². The SMILES string of the molecule is Nc1c2c(nn1C1C3CC4CC(C3)CC1C4)CCOC2. The average molecular weight is 273 g/mol. The van der Waals surface area contributed by atoms with Crippen LogP contribution in [0.15, 0.2) is 0 Å². The van der Waals surface area contributed by atoms with E-state index in [4.69, 9.17) is 15.6 Å². The van der Waals surface area contributed by atoms with Gasteiger partial charge in [-0.15, -0.1) is 0 Å². The molecular weight excluding hydrogens is 250 g/mol. The molecule has 4 saturated carbocycles. The van der Waals surface area contributed by atoms with Gasteiger partial charge >= 0.3 is 0 Å². The van der Waals surface area contributed by atoms with Gasteiger partial charge in [0.1, 0.15) is 5.82 Å². The fraction of sp³-hybridized carbons (Fsp3) is 0.812. The molecular formula is C16H23N3O. The molecule has 0 saturated heterocycles. The summed E-state index contributed by atoms with van der Waals surface area (Å²) in [5.74, 6) is 4.57. The van der Waals surface area contributed by atoms with Crippen LogP contribution < -0.4 is 5.73 Å². The Hall–Kier alpha value is -1.03. The van der Waals surface area contributed by atoms with Gasteiger partial charge in [0.15, 0.2) is 0 Å². The second-order valence-electron chi connectivity index (χ2n) is 7.48. The smallest absolute Gasteiger partial charge is 0.127 e. The van der Waals surface area contributed by atoms with Crippen molar-refractivity contribution in [2.45, 2.75) is 51.2 Å². The van der Waals surface area contributed by atoms with E-state index in [1.807, 2.05) is 0 Å². The molecule has 0 radical (unpaired) electrons. The molecule has 4 nitrogen and oxygen atoms in total. The molecule has 1 aliphatic heterocycles. The molecule has 108 valence electrons. The van der Waals surface area contributed by atoms with Gasteiger partial charge in [-0.3, -0.25) is 0 Å². The third-order valence-electron chi connectivity index (χ3n) is 6.32. The first-order valence-electron chi connectivity index (χ1n) is 8.23. The Bertz CT molecular complexity index is 522. The molecule has 0 unspecified atom stereocenters. The number of ether oxygens (including phenoxy) is 1. The van der Waals surface area contributed by atoms with Crippen molar-refractivity contribution < 1.29 is 4.74 Å². The summed E-state index contributed by atoms with van der Waals surface area (Å²) in [6.45, 7) is 1.46. The van der Waals surface area contributed by atoms with Crippen LogP contribution in [0.5, 0.6) is 0 Å². The molecule has 5 aliphatic rings. The van der Waals surface area contributed by atoms with E-state index < -0.39 is 0 Å². The summed E-state index contributed by atoms with van der Waals surface area (Å²) in [7, 11) is 0. The Balaban J connectivity index is 1.55. The first kappa shape index (κ1) is 11.6. The van der Waals surface area contributed by atoms with Crippen LogP contribution in [0.3, 0.4) is 0 Å². The molecule has 0 atom stereocenters. The van der Waals surface area contributed by atoms with Crippen molar-refractivity contribution >= 4 is 5.82 Å². The highest BCUT2D eigenvalue weighted by Crippen LogP contribution is 2.58. The molecule has 6 rings (SSSR count). The maximum atomic E-state index is 6.42. The van der Waals surface area contributed by atoms with E-state index in [9.17, 15) is 0 Å². The van der Waals surface area contributed by atoms with Gasteiger partial charge in [0.2, 0.25) is 0 Å². The van der Waals surface area contributed by atoms with Gasteiger partial charge < -0.3 is 10.5 Å². The zero-order valence-corrected chi connectivity index (χ0v) is 11.9. The molecule has 4 bridgehead atoms. The summed E-state index contributed by atoms with van der Waals surface area (Å²) in [4.78, 5) is 0. The molecule has 0 aromatic carbocycles. The minimum Gasteiger partial charge on any atom is -0.384 e. The number of hydrogen-bond donors (Lipinski definition) is 1. The van der Waals surface area contributed by atoms with E-state index >= 15 is 0 Å². The highest BCUT2D eigenvalue weighted by molar-refractivity contribution is 5.44. The average Bonchev–Trinajstić information content (AvgIpc) is 2.76. The third kappa shape index (κ3) is 1.49. The van der Waals surface area contributed by atoms with E-state index in [1.54, 1.807) is 0 Å². The van der Waals surface area contributed by atoms with Gasteiger partial charge in [-0.2, -0.15) is 5.10 Å². The lowest BCUT2D eigenvalue weighted by Gasteiger charge is -2.54. The zero-order valence-electron chi connectivity index (χ0n) is 11.9. The van der Waals surface area contributed by atoms with E-state index in [1.165, 1.54) is 43.4 Å². The minimum atomic E-state index is 0.577. The Morgan fingerprint density at radius 3 is 2.40 bits per heavy atom. The number of nitrogens with two attached hydrogens (primary N) is 1. The minimum absolute atomic E-state index is 0.577. The normalized spacial score (nSPS) is 41.9. The van der Waals surface area contributed by atoms with Gasteiger partial charge in [0.25, 0.3) is 0 Å². The summed E-state index contributed by atoms with van der Waals surface area (Å²) >= 11 is 0. The van der Waals surface area contributed by atoms with Crippen LogP contribution >= 0.6 is 0 Å². The Morgan fingerprint density at radius 2 is 1.75 bits per heavy atom. The van der Waals surface area contributed by atoms with Crippen LogP contribution in [0, 0.1) is 23.7 Å². The van der Waals surface area contributed by atoms with Crippen LogP contribution in [-0.2, 0) is 17.8 Å². The van der Waals surface area contributed by atoms with Crippen LogP contribution in [0.25, 0.3) is 0 Å². The van der Waals surface area contributed by atoms with Crippen molar-refractivity contribution in [1.29, 1.82) is 0 Å². The molecule has 4 fully saturated rings. The number of anilines is 1. The highest BCUT2D eigenvalue weighted by Gasteiger charge is 2.49. The van der Waals surface area contributed by atoms with E-state index in [0.717, 1.165) is 42.5 Å². The molecule has 20 heavy (non-hydrogen) atoms. The monoisotopic (exact) mass is 273 g/mol. The molecule has 2 N–H and O–H groups in total. The molecule has 2 heterocycles. The van der Waals surface area contributed by atoms with Crippen molar-refractivity contribution in [3.8, 4) is 0 Å². The predicted molar refractivity (Wildman–Crippen MR) is 76.1 cm³/mol. The first-order chi connectivity index (χ1) is 9.79. The first-order valence-corrected chi connectivity index (χ1v) is 8.23. The molecule has 0 amide bonds. The van der Waals surface area contributed by atoms with Crippen molar-refractivity contribution in [2.24, 2.45) is 23.7 Å². The fourth-order valence-electron chi connectivity index (χ4n) is 5.75. The number of rotatable bonds is 1. The third-order valence-corrected chi connectivity index (χ3v) is 6.32. The second kappa shape index (κ2) is 4.00. The van der Waals surface area contributed by atoms with Crippen molar-refractivity contribution in [2.75, 3.05) is 12.3 Å². The van der Waals surface area contributed by atoms with Gasteiger partial charge in [-0.05, 0) is 55.8 Å². The predicted octanol–water partition coefficient (Wildman–Crippen LogP) is 2.54. The van der Waals surface area contributed by atoms with E-state index in [0.29, 0.717) is 12.6 Å². The van der Waals surface area contributed by atoms with Crippen LogP contribution in [-0.4, -0.2) is 16.4 Å². The second-order valence-corrected chi connectivity index (χ2v) is 7.48. The molecule has 4 heteroatoms. The van der Waals surface area contributed by atoms with Gasteiger partial charge in [0.05, 0.1) is 24.9 Å². The van der Waals surface area contributed by atoms with Crippen LogP contribution in [0.2, 0.25) is 0 Å². The van der Waals surface area contributed by atoms with Gasteiger partial charge in [0, 0.05) is 12.0 Å². The number of nitrogen functional groups attached to an aromatic ring is 1. The standard InChI is InChI=1S/C16H23N3O/c17-16-13-8-20-2-1-14(13)18-19(16)15-11-4-9-3-10(6-11)7-12(15)5-9/h9-12,15H,1-8,17H2. The van der Waals surface area contributed by atoms with Crippen molar-refractivity contribution in [1.82, 2.24) is 9.78 Å². The van der Waals surface area contributed by atoms with Gasteiger partial charge in [-0.1, -0.05) is 0 Å². The van der Waals surface area contributed by atoms with E-state index in [2.05, 4.69) is 4.68 Å². The lowest BCUT2D eigenvalue weighted by atomic mass is 9.54. The highest BCUT2D eigenvalue weighted by atomic mass is 16.5. The maximum Gasteiger partial charge on any atom is 0.127 e. The Kier molecular flexibility index (Phi) is 2.32. The topological polar surface area (TPSA) is 53.1 Å². The lowest BCUT2D eigenvalue weighted by molar-refractivity contribution is -0.0328. The molecule has 1 aromatic heterocycles. The number of hydrogen-bond acceptors (Lipinski definition) is 3.